The number of hydrogen-bond donors (Lipinski definition) is 0. The molecule has 0 bridgehead atoms. The first-order chi connectivity index (χ1) is 10.7. The summed E-state index contributed by atoms with van der Waals surface area (Å²) in [5.74, 6) is -1.89. The van der Waals surface area contributed by atoms with Crippen LogP contribution in [0, 0.1) is 0 Å². The summed E-state index contributed by atoms with van der Waals surface area (Å²) < 4.78 is 156. The quantitative estimate of drug-likeness (QED) is 0.385. The van der Waals surface area contributed by atoms with Crippen molar-refractivity contribution in [2.24, 2.45) is 0 Å². The Labute approximate surface area is 131 Å². The van der Waals surface area contributed by atoms with Gasteiger partial charge in [-0.05, 0) is 6.92 Å². The molecule has 0 aliphatic carbocycles. The number of alkyl halides is 12. The highest BCUT2D eigenvalue weighted by Crippen LogP contribution is 2.55. The van der Waals surface area contributed by atoms with Gasteiger partial charge in [-0.15, -0.1) is 0 Å². The highest BCUT2D eigenvalue weighted by molar-refractivity contribution is 5.86. The minimum absolute atomic E-state index is 0.738. The molecule has 0 aromatic carbocycles. The third kappa shape index (κ3) is 4.14. The molecule has 25 heavy (non-hydrogen) atoms. The first-order valence-electron chi connectivity index (χ1n) is 5.78. The lowest BCUT2D eigenvalue weighted by Crippen LogP contribution is -2.69. The molecule has 0 radical (unpaired) electrons. The van der Waals surface area contributed by atoms with Crippen LogP contribution in [0.5, 0.6) is 0 Å². The summed E-state index contributed by atoms with van der Waals surface area (Å²) in [6.07, 6.45) is -27.3. The second-order valence-corrected chi connectivity index (χ2v) is 4.79. The maximum Gasteiger partial charge on any atom is 0.434 e. The molecule has 0 amide bonds. The van der Waals surface area contributed by atoms with Crippen molar-refractivity contribution in [1.29, 1.82) is 0 Å². The molecule has 0 heterocycles. The zero-order valence-electron chi connectivity index (χ0n) is 11.8. The predicted molar refractivity (Wildman–Crippen MR) is 56.5 cm³/mol. The van der Waals surface area contributed by atoms with Crippen molar-refractivity contribution in [3.05, 3.63) is 12.2 Å². The Morgan fingerprint density at radius 3 is 1.48 bits per heavy atom. The molecule has 0 rings (SSSR count). The average molecular weight is 400 g/mol. The fourth-order valence-electron chi connectivity index (χ4n) is 1.36. The van der Waals surface area contributed by atoms with Crippen LogP contribution in [0.1, 0.15) is 6.92 Å². The number of hydrogen-bond acceptors (Lipinski definition) is 2. The van der Waals surface area contributed by atoms with Crippen molar-refractivity contribution in [2.75, 3.05) is 6.61 Å². The van der Waals surface area contributed by atoms with Crippen LogP contribution >= 0.6 is 0 Å². The Hall–Kier alpha value is -1.63. The molecule has 0 spiro atoms. The van der Waals surface area contributed by atoms with Gasteiger partial charge in [0.1, 0.15) is 6.61 Å². The number of halogens is 12. The summed E-state index contributed by atoms with van der Waals surface area (Å²) in [5, 5.41) is 0. The largest absolute Gasteiger partial charge is 0.458 e. The second-order valence-electron chi connectivity index (χ2n) is 4.79. The monoisotopic (exact) mass is 400 g/mol. The molecule has 0 fully saturated rings. The highest BCUT2D eigenvalue weighted by Gasteiger charge is 2.84. The Kier molecular flexibility index (Phi) is 6.16. The first-order valence-corrected chi connectivity index (χ1v) is 5.78. The van der Waals surface area contributed by atoms with Crippen LogP contribution in [0.3, 0.4) is 0 Å². The topological polar surface area (TPSA) is 26.3 Å². The molecule has 0 aromatic rings. The van der Waals surface area contributed by atoms with Crippen molar-refractivity contribution >= 4 is 5.97 Å². The zero-order valence-corrected chi connectivity index (χ0v) is 11.8. The van der Waals surface area contributed by atoms with E-state index in [0.29, 0.717) is 0 Å². The standard InChI is InChI=1S/C11H8F12O2/c1-4(2)5(24)25-3-7(13,9(15,16)17)6(12)8(14,10(18,19)20)11(21,22)23/h6H,1,3H2,2H3. The van der Waals surface area contributed by atoms with Gasteiger partial charge >= 0.3 is 30.2 Å². The third-order valence-electron chi connectivity index (χ3n) is 2.81. The summed E-state index contributed by atoms with van der Waals surface area (Å²) in [6.45, 7) is 0.557. The van der Waals surface area contributed by atoms with Gasteiger partial charge in [-0.1, -0.05) is 6.58 Å². The highest BCUT2D eigenvalue weighted by atomic mass is 19.4. The minimum Gasteiger partial charge on any atom is -0.458 e. The Bertz CT molecular complexity index is 503. The molecule has 0 aliphatic rings. The zero-order chi connectivity index (χ0) is 20.6. The van der Waals surface area contributed by atoms with Crippen LogP contribution < -0.4 is 0 Å². The van der Waals surface area contributed by atoms with Gasteiger partial charge in [0.25, 0.3) is 5.67 Å². The van der Waals surface area contributed by atoms with E-state index in [1.165, 1.54) is 0 Å². The SMILES string of the molecule is C=C(C)C(=O)OCC(F)(C(F)C(F)(C(F)(F)F)C(F)(F)F)C(F)(F)F. The Morgan fingerprint density at radius 1 is 0.880 bits per heavy atom. The molecule has 0 N–H and O–H groups in total. The van der Waals surface area contributed by atoms with E-state index in [2.05, 4.69) is 11.3 Å². The molecule has 0 saturated heterocycles. The maximum absolute atomic E-state index is 13.8. The molecule has 14 heteroatoms. The number of ether oxygens (including phenoxy) is 1. The van der Waals surface area contributed by atoms with Gasteiger partial charge < -0.3 is 4.74 Å². The normalized spacial score (nSPS) is 17.6. The lowest BCUT2D eigenvalue weighted by Gasteiger charge is -2.39. The van der Waals surface area contributed by atoms with Gasteiger partial charge in [0.2, 0.25) is 0 Å². The molecule has 0 aliphatic heterocycles. The smallest absolute Gasteiger partial charge is 0.434 e. The summed E-state index contributed by atoms with van der Waals surface area (Å²) in [5.41, 5.74) is -14.1. The van der Waals surface area contributed by atoms with E-state index in [1.54, 1.807) is 0 Å². The van der Waals surface area contributed by atoms with Crippen LogP contribution in [0.15, 0.2) is 12.2 Å². The van der Waals surface area contributed by atoms with Crippen LogP contribution in [0.2, 0.25) is 0 Å². The van der Waals surface area contributed by atoms with E-state index in [0.717, 1.165) is 6.92 Å². The molecule has 0 saturated carbocycles. The molecule has 2 unspecified atom stereocenters. The fourth-order valence-corrected chi connectivity index (χ4v) is 1.36. The average Bonchev–Trinajstić information content (AvgIpc) is 2.38. The van der Waals surface area contributed by atoms with Crippen molar-refractivity contribution < 1.29 is 62.2 Å². The van der Waals surface area contributed by atoms with Gasteiger partial charge in [0.05, 0.1) is 0 Å². The van der Waals surface area contributed by atoms with E-state index < -0.39 is 54.2 Å². The van der Waals surface area contributed by atoms with Gasteiger partial charge in [0, 0.05) is 5.57 Å². The summed E-state index contributed by atoms with van der Waals surface area (Å²) in [4.78, 5) is 10.9. The van der Waals surface area contributed by atoms with E-state index in [9.17, 15) is 57.5 Å². The van der Waals surface area contributed by atoms with Crippen LogP contribution in [-0.2, 0) is 9.53 Å². The maximum atomic E-state index is 13.8. The molecule has 2 nitrogen and oxygen atoms in total. The second kappa shape index (κ2) is 6.59. The van der Waals surface area contributed by atoms with Gasteiger partial charge in [-0.2, -0.15) is 39.5 Å². The number of carbonyl (C=O) groups excluding carboxylic acids is 1. The van der Waals surface area contributed by atoms with Gasteiger partial charge in [-0.25, -0.2) is 18.0 Å². The van der Waals surface area contributed by atoms with Crippen LogP contribution in [0.4, 0.5) is 52.7 Å². The fraction of sp³-hybridized carbons (Fsp3) is 0.727. The van der Waals surface area contributed by atoms with Crippen LogP contribution in [0.25, 0.3) is 0 Å². The molecular formula is C11H8F12O2. The summed E-state index contributed by atoms with van der Waals surface area (Å²) in [6, 6.07) is 0. The number of carbonyl (C=O) groups is 1. The predicted octanol–water partition coefficient (Wildman–Crippen LogP) is 4.55. The minimum atomic E-state index is -7.30. The third-order valence-corrected chi connectivity index (χ3v) is 2.81. The summed E-state index contributed by atoms with van der Waals surface area (Å²) >= 11 is 0. The molecule has 148 valence electrons. The lowest BCUT2D eigenvalue weighted by atomic mass is 9.85. The van der Waals surface area contributed by atoms with Crippen molar-refractivity contribution in [3.8, 4) is 0 Å². The molecule has 2 atom stereocenters. The molecular weight excluding hydrogens is 392 g/mol. The lowest BCUT2D eigenvalue weighted by molar-refractivity contribution is -0.384. The van der Waals surface area contributed by atoms with E-state index in [1.807, 2.05) is 0 Å². The van der Waals surface area contributed by atoms with Gasteiger partial charge in [-0.3, -0.25) is 0 Å². The van der Waals surface area contributed by atoms with Gasteiger partial charge in [0.15, 0.2) is 6.17 Å². The summed E-state index contributed by atoms with van der Waals surface area (Å²) in [7, 11) is 0. The molecule has 0 aromatic heterocycles. The van der Waals surface area contributed by atoms with E-state index in [4.69, 9.17) is 0 Å². The van der Waals surface area contributed by atoms with Crippen LogP contribution in [-0.4, -0.2) is 48.6 Å². The Balaban J connectivity index is 6.20. The first kappa shape index (κ1) is 23.4. The number of rotatable bonds is 5. The van der Waals surface area contributed by atoms with Crippen molar-refractivity contribution in [2.45, 2.75) is 43.0 Å². The van der Waals surface area contributed by atoms with Crippen molar-refractivity contribution in [3.63, 3.8) is 0 Å². The van der Waals surface area contributed by atoms with E-state index in [-0.39, 0.29) is 0 Å². The Morgan fingerprint density at radius 2 is 1.24 bits per heavy atom. The van der Waals surface area contributed by atoms with Crippen molar-refractivity contribution in [1.82, 2.24) is 0 Å². The number of esters is 1. The van der Waals surface area contributed by atoms with E-state index >= 15 is 0 Å².